The van der Waals surface area contributed by atoms with Gasteiger partial charge in [0.05, 0.1) is 4.92 Å². The average Bonchev–Trinajstić information content (AvgIpc) is 2.36. The van der Waals surface area contributed by atoms with Crippen molar-refractivity contribution in [3.63, 3.8) is 0 Å². The van der Waals surface area contributed by atoms with E-state index < -0.39 is 10.9 Å². The van der Waals surface area contributed by atoms with E-state index in [0.717, 1.165) is 0 Å². The van der Waals surface area contributed by atoms with Crippen molar-refractivity contribution in [2.45, 2.75) is 12.8 Å². The van der Waals surface area contributed by atoms with Crippen LogP contribution in [0.5, 0.6) is 5.75 Å². The van der Waals surface area contributed by atoms with Crippen LogP contribution in [0.15, 0.2) is 18.2 Å². The maximum atomic E-state index is 11.0. The van der Waals surface area contributed by atoms with E-state index in [0.29, 0.717) is 18.7 Å². The summed E-state index contributed by atoms with van der Waals surface area (Å²) >= 11 is 0. The number of rotatable bonds is 8. The molecule has 0 saturated carbocycles. The molecule has 0 atom stereocenters. The summed E-state index contributed by atoms with van der Waals surface area (Å²) in [5.41, 5.74) is 0.478. The van der Waals surface area contributed by atoms with Crippen LogP contribution in [0.3, 0.4) is 0 Å². The van der Waals surface area contributed by atoms with Gasteiger partial charge in [-0.3, -0.25) is 14.9 Å². The number of nitro groups is 1. The number of ether oxygens (including phenoxy) is 1. The Kier molecular flexibility index (Phi) is 5.92. The summed E-state index contributed by atoms with van der Waals surface area (Å²) in [6.07, 6.45) is 0.201. The number of aliphatic carboxylic acids is 1. The van der Waals surface area contributed by atoms with E-state index in [1.807, 2.05) is 19.0 Å². The largest absolute Gasteiger partial charge is 0.485 e. The van der Waals surface area contributed by atoms with Gasteiger partial charge in [0.1, 0.15) is 6.61 Å². The van der Waals surface area contributed by atoms with Gasteiger partial charge in [-0.2, -0.15) is 0 Å². The van der Waals surface area contributed by atoms with Crippen molar-refractivity contribution < 1.29 is 19.6 Å². The van der Waals surface area contributed by atoms with Crippen molar-refractivity contribution in [2.75, 3.05) is 27.2 Å². The highest BCUT2D eigenvalue weighted by Crippen LogP contribution is 2.28. The number of nitrogens with zero attached hydrogens (tertiary/aromatic N) is 2. The van der Waals surface area contributed by atoms with E-state index in [2.05, 4.69) is 0 Å². The topological polar surface area (TPSA) is 92.9 Å². The summed E-state index contributed by atoms with van der Waals surface area (Å²) < 4.78 is 5.39. The zero-order valence-electron chi connectivity index (χ0n) is 11.5. The molecule has 0 amide bonds. The van der Waals surface area contributed by atoms with Crippen molar-refractivity contribution in [1.82, 2.24) is 4.90 Å². The zero-order chi connectivity index (χ0) is 15.1. The van der Waals surface area contributed by atoms with Gasteiger partial charge in [0.25, 0.3) is 0 Å². The maximum Gasteiger partial charge on any atom is 0.311 e. The first-order valence-electron chi connectivity index (χ1n) is 6.17. The Balaban J connectivity index is 2.79. The summed E-state index contributed by atoms with van der Waals surface area (Å²) in [7, 11) is 3.76. The molecule has 20 heavy (non-hydrogen) atoms. The first kappa shape index (κ1) is 15.9. The molecule has 1 rings (SSSR count). The number of hydrogen-bond donors (Lipinski definition) is 1. The molecule has 0 aliphatic carbocycles. The molecule has 7 nitrogen and oxygen atoms in total. The second-order valence-corrected chi connectivity index (χ2v) is 4.60. The summed E-state index contributed by atoms with van der Waals surface area (Å²) in [4.78, 5) is 22.9. The Bertz CT molecular complexity index is 488. The number of nitro benzene ring substituents is 1. The smallest absolute Gasteiger partial charge is 0.311 e. The zero-order valence-corrected chi connectivity index (χ0v) is 11.5. The number of carboxylic acid groups (broad SMARTS) is 1. The lowest BCUT2D eigenvalue weighted by Crippen LogP contribution is -2.19. The molecule has 0 radical (unpaired) electrons. The second kappa shape index (κ2) is 7.44. The molecular weight excluding hydrogens is 264 g/mol. The lowest BCUT2D eigenvalue weighted by molar-refractivity contribution is -0.385. The summed E-state index contributed by atoms with van der Waals surface area (Å²) in [5, 5.41) is 19.6. The van der Waals surface area contributed by atoms with Crippen molar-refractivity contribution in [1.29, 1.82) is 0 Å². The lowest BCUT2D eigenvalue weighted by Gasteiger charge is -2.11. The van der Waals surface area contributed by atoms with E-state index in [4.69, 9.17) is 9.84 Å². The minimum absolute atomic E-state index is 0.0576. The molecule has 1 aromatic carbocycles. The summed E-state index contributed by atoms with van der Waals surface area (Å²) in [6, 6.07) is 4.54. The maximum absolute atomic E-state index is 11.0. The van der Waals surface area contributed by atoms with E-state index in [9.17, 15) is 14.9 Å². The molecule has 0 aliphatic rings. The van der Waals surface area contributed by atoms with Crippen molar-refractivity contribution in [3.05, 3.63) is 33.9 Å². The van der Waals surface area contributed by atoms with Crippen LogP contribution in [0.1, 0.15) is 12.0 Å². The molecule has 1 aromatic rings. The third-order valence-electron chi connectivity index (χ3n) is 2.64. The van der Waals surface area contributed by atoms with E-state index in [1.165, 1.54) is 12.1 Å². The van der Waals surface area contributed by atoms with Gasteiger partial charge >= 0.3 is 11.7 Å². The standard InChI is InChI=1S/C13H18N2O5/c1-14(2)7-8-20-12-5-3-10(4-6-13(16)17)9-11(12)15(18)19/h3,5,9H,4,6-8H2,1-2H3,(H,16,17). The number of benzene rings is 1. The molecule has 0 bridgehead atoms. The van der Waals surface area contributed by atoms with E-state index >= 15 is 0 Å². The number of likely N-dealkylation sites (N-methyl/N-ethyl adjacent to an activating group) is 1. The van der Waals surface area contributed by atoms with Gasteiger partial charge in [-0.25, -0.2) is 0 Å². The summed E-state index contributed by atoms with van der Waals surface area (Å²) in [5.74, 6) is -0.727. The van der Waals surface area contributed by atoms with Gasteiger partial charge < -0.3 is 14.7 Å². The molecule has 0 aromatic heterocycles. The third kappa shape index (κ3) is 5.23. The molecule has 1 N–H and O–H groups in total. The molecule has 0 heterocycles. The molecule has 0 saturated heterocycles. The number of aryl methyl sites for hydroxylation is 1. The fourth-order valence-electron chi connectivity index (χ4n) is 1.57. The first-order chi connectivity index (χ1) is 9.40. The van der Waals surface area contributed by atoms with Crippen LogP contribution in [-0.4, -0.2) is 48.1 Å². The van der Waals surface area contributed by atoms with Gasteiger partial charge in [0, 0.05) is 19.0 Å². The SMILES string of the molecule is CN(C)CCOc1ccc(CCC(=O)O)cc1[N+](=O)[O-]. The van der Waals surface area contributed by atoms with Crippen molar-refractivity contribution in [3.8, 4) is 5.75 Å². The Morgan fingerprint density at radius 3 is 2.70 bits per heavy atom. The van der Waals surface area contributed by atoms with Gasteiger partial charge in [-0.15, -0.1) is 0 Å². The first-order valence-corrected chi connectivity index (χ1v) is 6.17. The van der Waals surface area contributed by atoms with Crippen molar-refractivity contribution >= 4 is 11.7 Å². The van der Waals surface area contributed by atoms with Crippen LogP contribution < -0.4 is 4.74 Å². The van der Waals surface area contributed by atoms with Crippen molar-refractivity contribution in [2.24, 2.45) is 0 Å². The van der Waals surface area contributed by atoms with E-state index in [-0.39, 0.29) is 24.3 Å². The van der Waals surface area contributed by atoms with Crippen LogP contribution in [0, 0.1) is 10.1 Å². The Morgan fingerprint density at radius 2 is 2.15 bits per heavy atom. The third-order valence-corrected chi connectivity index (χ3v) is 2.64. The normalized spacial score (nSPS) is 10.6. The molecule has 0 spiro atoms. The van der Waals surface area contributed by atoms with Gasteiger partial charge in [-0.1, -0.05) is 6.07 Å². The molecule has 0 aliphatic heterocycles. The average molecular weight is 282 g/mol. The Hall–Kier alpha value is -2.15. The second-order valence-electron chi connectivity index (χ2n) is 4.60. The molecule has 110 valence electrons. The number of hydrogen-bond acceptors (Lipinski definition) is 5. The highest BCUT2D eigenvalue weighted by atomic mass is 16.6. The monoisotopic (exact) mass is 282 g/mol. The highest BCUT2D eigenvalue weighted by molar-refractivity contribution is 5.67. The predicted octanol–water partition coefficient (Wildman–Crippen LogP) is 1.55. The van der Waals surface area contributed by atoms with E-state index in [1.54, 1.807) is 6.07 Å². The fourth-order valence-corrected chi connectivity index (χ4v) is 1.57. The minimum atomic E-state index is -0.932. The lowest BCUT2D eigenvalue weighted by atomic mass is 10.1. The highest BCUT2D eigenvalue weighted by Gasteiger charge is 2.16. The Morgan fingerprint density at radius 1 is 1.45 bits per heavy atom. The van der Waals surface area contributed by atoms with Gasteiger partial charge in [0.2, 0.25) is 0 Å². The van der Waals surface area contributed by atoms with Crippen LogP contribution in [0.4, 0.5) is 5.69 Å². The van der Waals surface area contributed by atoms with Gasteiger partial charge in [-0.05, 0) is 32.1 Å². The van der Waals surface area contributed by atoms with Crippen LogP contribution >= 0.6 is 0 Å². The number of carboxylic acids is 1. The Labute approximate surface area is 116 Å². The molecule has 0 unspecified atom stereocenters. The number of carbonyl (C=O) groups is 1. The fraction of sp³-hybridized carbons (Fsp3) is 0.462. The molecule has 7 heteroatoms. The molecular formula is C13H18N2O5. The van der Waals surface area contributed by atoms with Crippen LogP contribution in [-0.2, 0) is 11.2 Å². The quantitative estimate of drug-likeness (QED) is 0.574. The minimum Gasteiger partial charge on any atom is -0.485 e. The van der Waals surface area contributed by atoms with Crippen LogP contribution in [0.2, 0.25) is 0 Å². The summed E-state index contributed by atoms with van der Waals surface area (Å²) in [6.45, 7) is 1.00. The molecule has 0 fully saturated rings. The van der Waals surface area contributed by atoms with Gasteiger partial charge in [0.15, 0.2) is 5.75 Å². The van der Waals surface area contributed by atoms with Crippen LogP contribution in [0.25, 0.3) is 0 Å². The predicted molar refractivity (Wildman–Crippen MR) is 73.1 cm³/mol.